The van der Waals surface area contributed by atoms with Crippen molar-refractivity contribution in [3.63, 3.8) is 0 Å². The second kappa shape index (κ2) is 5.26. The van der Waals surface area contributed by atoms with Crippen molar-refractivity contribution in [1.82, 2.24) is 14.9 Å². The minimum Gasteiger partial charge on any atom is -0.351 e. The summed E-state index contributed by atoms with van der Waals surface area (Å²) in [4.78, 5) is 12.1. The number of carbonyl (C=O) groups is 1. The van der Waals surface area contributed by atoms with E-state index in [1.165, 1.54) is 0 Å². The zero-order chi connectivity index (χ0) is 14.0. The normalized spacial score (nSPS) is 10.7. The van der Waals surface area contributed by atoms with Crippen LogP contribution in [-0.2, 0) is 19.9 Å². The Bertz CT molecular complexity index is 598. The SMILES string of the molecule is CCc1cc(C(=O)Nc2c(C)c(CC)nn2C)on1. The van der Waals surface area contributed by atoms with Crippen molar-refractivity contribution < 1.29 is 9.32 Å². The van der Waals surface area contributed by atoms with E-state index in [1.807, 2.05) is 20.8 Å². The highest BCUT2D eigenvalue weighted by Gasteiger charge is 2.17. The zero-order valence-corrected chi connectivity index (χ0v) is 11.6. The first-order chi connectivity index (χ1) is 9.06. The fraction of sp³-hybridized carbons (Fsp3) is 0.462. The number of hydrogen-bond acceptors (Lipinski definition) is 4. The molecule has 0 radical (unpaired) electrons. The maximum absolute atomic E-state index is 12.1. The van der Waals surface area contributed by atoms with Crippen LogP contribution in [-0.4, -0.2) is 20.8 Å². The van der Waals surface area contributed by atoms with Crippen LogP contribution in [0, 0.1) is 6.92 Å². The molecule has 0 fully saturated rings. The van der Waals surface area contributed by atoms with Gasteiger partial charge in [0, 0.05) is 18.7 Å². The number of aryl methyl sites for hydroxylation is 3. The molecule has 2 aromatic heterocycles. The Kier molecular flexibility index (Phi) is 3.69. The van der Waals surface area contributed by atoms with Crippen molar-refractivity contribution in [3.8, 4) is 0 Å². The number of aromatic nitrogens is 3. The lowest BCUT2D eigenvalue weighted by atomic mass is 10.2. The number of nitrogens with zero attached hydrogens (tertiary/aromatic N) is 3. The summed E-state index contributed by atoms with van der Waals surface area (Å²) in [7, 11) is 1.81. The number of rotatable bonds is 4. The summed E-state index contributed by atoms with van der Waals surface area (Å²) < 4.78 is 6.68. The van der Waals surface area contributed by atoms with Crippen molar-refractivity contribution in [2.45, 2.75) is 33.6 Å². The van der Waals surface area contributed by atoms with Crippen LogP contribution in [0.2, 0.25) is 0 Å². The van der Waals surface area contributed by atoms with E-state index < -0.39 is 0 Å². The molecule has 0 aromatic carbocycles. The van der Waals surface area contributed by atoms with Gasteiger partial charge in [-0.15, -0.1) is 0 Å². The number of nitrogens with one attached hydrogen (secondary N) is 1. The summed E-state index contributed by atoms with van der Waals surface area (Å²) in [5, 5.41) is 11.0. The van der Waals surface area contributed by atoms with Gasteiger partial charge in [0.15, 0.2) is 0 Å². The van der Waals surface area contributed by atoms with Crippen molar-refractivity contribution in [2.24, 2.45) is 7.05 Å². The fourth-order valence-corrected chi connectivity index (χ4v) is 1.95. The highest BCUT2D eigenvalue weighted by Crippen LogP contribution is 2.19. The summed E-state index contributed by atoms with van der Waals surface area (Å²) >= 11 is 0. The second-order valence-electron chi connectivity index (χ2n) is 4.39. The van der Waals surface area contributed by atoms with Gasteiger partial charge in [-0.3, -0.25) is 9.48 Å². The molecule has 6 nitrogen and oxygen atoms in total. The van der Waals surface area contributed by atoms with Gasteiger partial charge >= 0.3 is 0 Å². The highest BCUT2D eigenvalue weighted by atomic mass is 16.5. The van der Waals surface area contributed by atoms with Gasteiger partial charge in [-0.25, -0.2) is 0 Å². The monoisotopic (exact) mass is 262 g/mol. The van der Waals surface area contributed by atoms with E-state index in [-0.39, 0.29) is 11.7 Å². The maximum atomic E-state index is 12.1. The van der Waals surface area contributed by atoms with Gasteiger partial charge in [-0.05, 0) is 19.8 Å². The molecule has 1 N–H and O–H groups in total. The van der Waals surface area contributed by atoms with Gasteiger partial charge < -0.3 is 9.84 Å². The maximum Gasteiger partial charge on any atom is 0.295 e. The third-order valence-electron chi connectivity index (χ3n) is 3.09. The van der Waals surface area contributed by atoms with Gasteiger partial charge in [0.25, 0.3) is 5.91 Å². The van der Waals surface area contributed by atoms with E-state index in [0.717, 1.165) is 29.8 Å². The Morgan fingerprint density at radius 2 is 2.16 bits per heavy atom. The fourth-order valence-electron chi connectivity index (χ4n) is 1.95. The van der Waals surface area contributed by atoms with Gasteiger partial charge in [0.05, 0.1) is 11.4 Å². The van der Waals surface area contributed by atoms with Crippen LogP contribution < -0.4 is 5.32 Å². The average Bonchev–Trinajstić information content (AvgIpc) is 2.98. The van der Waals surface area contributed by atoms with Crippen LogP contribution in [0.4, 0.5) is 5.82 Å². The molecular formula is C13H18N4O2. The molecule has 0 saturated carbocycles. The van der Waals surface area contributed by atoms with E-state index in [1.54, 1.807) is 17.8 Å². The Hall–Kier alpha value is -2.11. The predicted octanol–water partition coefficient (Wildman–Crippen LogP) is 2.09. The summed E-state index contributed by atoms with van der Waals surface area (Å²) in [5.74, 6) is 0.604. The summed E-state index contributed by atoms with van der Waals surface area (Å²) in [6.07, 6.45) is 1.57. The van der Waals surface area contributed by atoms with Crippen LogP contribution >= 0.6 is 0 Å². The molecule has 0 aliphatic heterocycles. The molecule has 0 spiro atoms. The van der Waals surface area contributed by atoms with Crippen molar-refractivity contribution in [1.29, 1.82) is 0 Å². The third kappa shape index (κ3) is 2.52. The van der Waals surface area contributed by atoms with Crippen molar-refractivity contribution in [2.75, 3.05) is 5.32 Å². The van der Waals surface area contributed by atoms with E-state index in [2.05, 4.69) is 15.6 Å². The minimum absolute atomic E-state index is 0.218. The Morgan fingerprint density at radius 3 is 2.68 bits per heavy atom. The molecule has 0 aliphatic carbocycles. The van der Waals surface area contributed by atoms with Gasteiger partial charge in [-0.2, -0.15) is 5.10 Å². The Morgan fingerprint density at radius 1 is 1.42 bits per heavy atom. The second-order valence-corrected chi connectivity index (χ2v) is 4.39. The van der Waals surface area contributed by atoms with Crippen LogP contribution in [0.5, 0.6) is 0 Å². The average molecular weight is 262 g/mol. The van der Waals surface area contributed by atoms with Crippen LogP contribution in [0.1, 0.15) is 41.4 Å². The number of amides is 1. The van der Waals surface area contributed by atoms with Crippen LogP contribution in [0.25, 0.3) is 0 Å². The zero-order valence-electron chi connectivity index (χ0n) is 11.6. The van der Waals surface area contributed by atoms with Crippen LogP contribution in [0.15, 0.2) is 10.6 Å². The molecule has 0 saturated heterocycles. The Labute approximate surface area is 111 Å². The molecule has 0 aliphatic rings. The molecule has 0 atom stereocenters. The lowest BCUT2D eigenvalue weighted by Gasteiger charge is -2.04. The molecule has 1 amide bonds. The molecule has 2 rings (SSSR count). The first kappa shape index (κ1) is 13.3. The molecule has 2 heterocycles. The number of carbonyl (C=O) groups excluding carboxylic acids is 1. The molecule has 2 aromatic rings. The Balaban J connectivity index is 2.21. The molecule has 19 heavy (non-hydrogen) atoms. The lowest BCUT2D eigenvalue weighted by Crippen LogP contribution is -2.14. The van der Waals surface area contributed by atoms with E-state index in [4.69, 9.17) is 4.52 Å². The molecule has 102 valence electrons. The highest BCUT2D eigenvalue weighted by molar-refractivity contribution is 6.02. The van der Waals surface area contributed by atoms with E-state index in [0.29, 0.717) is 5.82 Å². The minimum atomic E-state index is -0.305. The molecule has 6 heteroatoms. The first-order valence-corrected chi connectivity index (χ1v) is 6.36. The van der Waals surface area contributed by atoms with Crippen molar-refractivity contribution in [3.05, 3.63) is 28.8 Å². The van der Waals surface area contributed by atoms with Crippen molar-refractivity contribution >= 4 is 11.7 Å². The molecule has 0 bridgehead atoms. The summed E-state index contributed by atoms with van der Waals surface area (Å²) in [6, 6.07) is 1.65. The number of hydrogen-bond donors (Lipinski definition) is 1. The summed E-state index contributed by atoms with van der Waals surface area (Å²) in [5.41, 5.74) is 2.72. The standard InChI is InChI=1S/C13H18N4O2/c1-5-9-7-11(19-16-9)13(18)14-12-8(3)10(6-2)15-17(12)4/h7H,5-6H2,1-4H3,(H,14,18). The lowest BCUT2D eigenvalue weighted by molar-refractivity contribution is 0.0987. The van der Waals surface area contributed by atoms with Crippen LogP contribution in [0.3, 0.4) is 0 Å². The molecule has 0 unspecified atom stereocenters. The van der Waals surface area contributed by atoms with Gasteiger partial charge in [0.1, 0.15) is 5.82 Å². The quantitative estimate of drug-likeness (QED) is 0.915. The largest absolute Gasteiger partial charge is 0.351 e. The third-order valence-corrected chi connectivity index (χ3v) is 3.09. The topological polar surface area (TPSA) is 73.0 Å². The molecular weight excluding hydrogens is 244 g/mol. The van der Waals surface area contributed by atoms with E-state index in [9.17, 15) is 4.79 Å². The van der Waals surface area contributed by atoms with E-state index >= 15 is 0 Å². The predicted molar refractivity (Wildman–Crippen MR) is 71.2 cm³/mol. The first-order valence-electron chi connectivity index (χ1n) is 6.36. The summed E-state index contributed by atoms with van der Waals surface area (Å²) in [6.45, 7) is 5.93. The smallest absolute Gasteiger partial charge is 0.295 e. The van der Waals surface area contributed by atoms with Gasteiger partial charge in [0.2, 0.25) is 5.76 Å². The van der Waals surface area contributed by atoms with Gasteiger partial charge in [-0.1, -0.05) is 19.0 Å². The number of anilines is 1.